The molecule has 1 aliphatic rings. The summed E-state index contributed by atoms with van der Waals surface area (Å²) in [5.74, 6) is 0.637. The van der Waals surface area contributed by atoms with Gasteiger partial charge >= 0.3 is 0 Å². The molecule has 156 valence electrons. The van der Waals surface area contributed by atoms with Crippen molar-refractivity contribution in [3.05, 3.63) is 67.0 Å². The summed E-state index contributed by atoms with van der Waals surface area (Å²) in [4.78, 5) is 36.8. The zero-order valence-electron chi connectivity index (χ0n) is 16.1. The van der Waals surface area contributed by atoms with Crippen LogP contribution in [0.5, 0.6) is 11.5 Å². The van der Waals surface area contributed by atoms with Crippen molar-refractivity contribution >= 4 is 50.6 Å². The molecule has 0 aliphatic carbocycles. The number of imide groups is 1. The Morgan fingerprint density at radius 3 is 2.53 bits per heavy atom. The number of ether oxygens (including phenoxy) is 2. The Morgan fingerprint density at radius 1 is 1.23 bits per heavy atom. The highest BCUT2D eigenvalue weighted by Crippen LogP contribution is 2.39. The predicted octanol–water partition coefficient (Wildman–Crippen LogP) is 5.00. The summed E-state index contributed by atoms with van der Waals surface area (Å²) >= 11 is 4.28. The number of nitro groups is 1. The number of carbonyl (C=O) groups is 2. The van der Waals surface area contributed by atoms with E-state index in [2.05, 4.69) is 15.9 Å². The van der Waals surface area contributed by atoms with Crippen LogP contribution in [-0.2, 0) is 11.3 Å². The number of hydrogen-bond donors (Lipinski definition) is 0. The second kappa shape index (κ2) is 9.31. The van der Waals surface area contributed by atoms with Crippen molar-refractivity contribution in [2.75, 3.05) is 13.7 Å². The number of carbonyl (C=O) groups excluding carboxylic acids is 2. The van der Waals surface area contributed by atoms with E-state index in [4.69, 9.17) is 9.47 Å². The van der Waals surface area contributed by atoms with Crippen LogP contribution in [0.1, 0.15) is 18.1 Å². The Kier molecular flexibility index (Phi) is 6.78. The van der Waals surface area contributed by atoms with Crippen LogP contribution in [-0.4, -0.2) is 34.7 Å². The van der Waals surface area contributed by atoms with Crippen LogP contribution in [0, 0.1) is 10.1 Å². The molecule has 2 amide bonds. The van der Waals surface area contributed by atoms with Gasteiger partial charge in [-0.1, -0.05) is 12.1 Å². The molecule has 10 heteroatoms. The van der Waals surface area contributed by atoms with Gasteiger partial charge in [0.2, 0.25) is 0 Å². The number of non-ortho nitro benzene ring substituents is 1. The molecular weight excluding hydrogens is 476 g/mol. The third-order valence-electron chi connectivity index (χ3n) is 4.20. The molecule has 0 aromatic heterocycles. The van der Waals surface area contributed by atoms with E-state index in [0.717, 1.165) is 16.7 Å². The molecule has 1 heterocycles. The highest BCUT2D eigenvalue weighted by atomic mass is 79.9. The highest BCUT2D eigenvalue weighted by Gasteiger charge is 2.35. The molecule has 0 radical (unpaired) electrons. The summed E-state index contributed by atoms with van der Waals surface area (Å²) in [5.41, 5.74) is 1.24. The van der Waals surface area contributed by atoms with Crippen molar-refractivity contribution in [3.63, 3.8) is 0 Å². The minimum Gasteiger partial charge on any atom is -0.493 e. The Labute approximate surface area is 185 Å². The van der Waals surface area contributed by atoms with Gasteiger partial charge in [0.25, 0.3) is 16.8 Å². The van der Waals surface area contributed by atoms with Crippen LogP contribution in [0.4, 0.5) is 10.5 Å². The van der Waals surface area contributed by atoms with Crippen LogP contribution in [0.2, 0.25) is 0 Å². The average Bonchev–Trinajstić information content (AvgIpc) is 2.97. The molecule has 0 unspecified atom stereocenters. The first-order chi connectivity index (χ1) is 14.3. The van der Waals surface area contributed by atoms with E-state index in [1.165, 1.54) is 31.4 Å². The van der Waals surface area contributed by atoms with Crippen molar-refractivity contribution in [2.24, 2.45) is 0 Å². The summed E-state index contributed by atoms with van der Waals surface area (Å²) in [7, 11) is 1.52. The Balaban J connectivity index is 1.82. The molecule has 0 spiro atoms. The molecule has 1 saturated heterocycles. The minimum absolute atomic E-state index is 0.0380. The molecule has 3 rings (SSSR count). The number of nitrogens with zero attached hydrogens (tertiary/aromatic N) is 2. The van der Waals surface area contributed by atoms with Crippen molar-refractivity contribution in [3.8, 4) is 11.5 Å². The molecule has 0 N–H and O–H groups in total. The van der Waals surface area contributed by atoms with Gasteiger partial charge in [0.05, 0.1) is 34.6 Å². The molecule has 2 aromatic rings. The minimum atomic E-state index is -0.504. The van der Waals surface area contributed by atoms with Crippen LogP contribution < -0.4 is 9.47 Å². The zero-order chi connectivity index (χ0) is 21.8. The van der Waals surface area contributed by atoms with Crippen LogP contribution in [0.15, 0.2) is 45.8 Å². The Bertz CT molecular complexity index is 1040. The lowest BCUT2D eigenvalue weighted by Gasteiger charge is -2.13. The number of methoxy groups -OCH3 is 1. The van der Waals surface area contributed by atoms with Crippen LogP contribution >= 0.6 is 27.7 Å². The Hall–Kier alpha value is -2.85. The Morgan fingerprint density at radius 2 is 1.93 bits per heavy atom. The number of amides is 2. The lowest BCUT2D eigenvalue weighted by molar-refractivity contribution is -0.384. The molecule has 0 atom stereocenters. The number of rotatable bonds is 7. The molecule has 1 fully saturated rings. The summed E-state index contributed by atoms with van der Waals surface area (Å²) < 4.78 is 11.6. The number of thioether (sulfide) groups is 1. The topological polar surface area (TPSA) is 99.0 Å². The number of halogens is 1. The van der Waals surface area contributed by atoms with Crippen molar-refractivity contribution in [2.45, 2.75) is 13.5 Å². The third-order valence-corrected chi connectivity index (χ3v) is 5.70. The standard InChI is InChI=1S/C20H17BrN2O6S/c1-3-29-18-15(21)8-13(9-16(18)28-2)10-17-19(24)22(20(25)30-17)11-12-4-6-14(7-5-12)23(26)27/h4-10H,3,11H2,1-2H3/b17-10+. The monoisotopic (exact) mass is 492 g/mol. The van der Waals surface area contributed by atoms with Crippen molar-refractivity contribution in [1.29, 1.82) is 0 Å². The van der Waals surface area contributed by atoms with Gasteiger partial charge in [-0.05, 0) is 64.0 Å². The van der Waals surface area contributed by atoms with Crippen LogP contribution in [0.25, 0.3) is 6.08 Å². The fourth-order valence-electron chi connectivity index (χ4n) is 2.80. The summed E-state index contributed by atoms with van der Waals surface area (Å²) in [6.45, 7) is 2.37. The van der Waals surface area contributed by atoms with Crippen molar-refractivity contribution < 1.29 is 24.0 Å². The smallest absolute Gasteiger partial charge is 0.293 e. The molecule has 0 bridgehead atoms. The van der Waals surface area contributed by atoms with E-state index >= 15 is 0 Å². The fourth-order valence-corrected chi connectivity index (χ4v) is 4.21. The zero-order valence-corrected chi connectivity index (χ0v) is 18.5. The molecule has 0 saturated carbocycles. The van der Waals surface area contributed by atoms with Gasteiger partial charge in [0, 0.05) is 12.1 Å². The van der Waals surface area contributed by atoms with E-state index in [9.17, 15) is 19.7 Å². The molecular formula is C20H17BrN2O6S. The normalized spacial score (nSPS) is 15.0. The SMILES string of the molecule is CCOc1c(Br)cc(/C=C2/SC(=O)N(Cc3ccc([N+](=O)[O-])cc3)C2=O)cc1OC. The summed E-state index contributed by atoms with van der Waals surface area (Å²) in [6, 6.07) is 9.23. The average molecular weight is 493 g/mol. The number of nitro benzene ring substituents is 1. The van der Waals surface area contributed by atoms with E-state index in [1.54, 1.807) is 18.2 Å². The van der Waals surface area contributed by atoms with Gasteiger partial charge < -0.3 is 9.47 Å². The van der Waals surface area contributed by atoms with Gasteiger partial charge in [-0.25, -0.2) is 0 Å². The fraction of sp³-hybridized carbons (Fsp3) is 0.200. The van der Waals surface area contributed by atoms with Gasteiger partial charge in [-0.15, -0.1) is 0 Å². The summed E-state index contributed by atoms with van der Waals surface area (Å²) in [5, 5.41) is 10.4. The van der Waals surface area contributed by atoms with E-state index in [0.29, 0.717) is 33.7 Å². The maximum absolute atomic E-state index is 12.7. The molecule has 1 aliphatic heterocycles. The maximum Gasteiger partial charge on any atom is 0.293 e. The van der Waals surface area contributed by atoms with E-state index < -0.39 is 16.1 Å². The summed E-state index contributed by atoms with van der Waals surface area (Å²) in [6.07, 6.45) is 1.61. The molecule has 2 aromatic carbocycles. The van der Waals surface area contributed by atoms with Gasteiger partial charge in [0.15, 0.2) is 11.5 Å². The van der Waals surface area contributed by atoms with Gasteiger partial charge in [-0.2, -0.15) is 0 Å². The van der Waals surface area contributed by atoms with Crippen LogP contribution in [0.3, 0.4) is 0 Å². The second-order valence-electron chi connectivity index (χ2n) is 6.16. The highest BCUT2D eigenvalue weighted by molar-refractivity contribution is 9.10. The van der Waals surface area contributed by atoms with Crippen molar-refractivity contribution in [1.82, 2.24) is 4.90 Å². The predicted molar refractivity (Wildman–Crippen MR) is 116 cm³/mol. The quantitative estimate of drug-likeness (QED) is 0.304. The molecule has 30 heavy (non-hydrogen) atoms. The van der Waals surface area contributed by atoms with Gasteiger partial charge in [0.1, 0.15) is 0 Å². The third kappa shape index (κ3) is 4.65. The second-order valence-corrected chi connectivity index (χ2v) is 8.01. The lowest BCUT2D eigenvalue weighted by Crippen LogP contribution is -2.27. The van der Waals surface area contributed by atoms with Gasteiger partial charge in [-0.3, -0.25) is 24.6 Å². The van der Waals surface area contributed by atoms with E-state index in [-0.39, 0.29) is 17.1 Å². The first kappa shape index (κ1) is 21.8. The van der Waals surface area contributed by atoms with E-state index in [1.807, 2.05) is 6.92 Å². The number of benzene rings is 2. The number of hydrogen-bond acceptors (Lipinski definition) is 7. The first-order valence-corrected chi connectivity index (χ1v) is 10.4. The maximum atomic E-state index is 12.7. The first-order valence-electron chi connectivity index (χ1n) is 8.83. The lowest BCUT2D eigenvalue weighted by atomic mass is 10.1. The largest absolute Gasteiger partial charge is 0.493 e. The molecule has 8 nitrogen and oxygen atoms in total.